The van der Waals surface area contributed by atoms with E-state index in [1.807, 2.05) is 6.92 Å². The van der Waals surface area contributed by atoms with Crippen LogP contribution in [0, 0.1) is 0 Å². The molecule has 78 valence electrons. The molecule has 0 aliphatic carbocycles. The summed E-state index contributed by atoms with van der Waals surface area (Å²) in [5.74, 6) is -0.858. The van der Waals surface area contributed by atoms with Crippen LogP contribution in [0.25, 0.3) is 0 Å². The Labute approximate surface area is 79.0 Å². The van der Waals surface area contributed by atoms with Crippen LogP contribution in [0.15, 0.2) is 0 Å². The largest absolute Gasteiger partial charge is 0.480 e. The van der Waals surface area contributed by atoms with E-state index in [0.717, 1.165) is 6.42 Å². The molecule has 0 aliphatic heterocycles. The van der Waals surface area contributed by atoms with Gasteiger partial charge in [-0.25, -0.2) is 0 Å². The summed E-state index contributed by atoms with van der Waals surface area (Å²) in [6, 6.07) is -0.563. The Bertz CT molecular complexity index is 168. The molecule has 4 nitrogen and oxygen atoms in total. The highest BCUT2D eigenvalue weighted by Crippen LogP contribution is 2.06. The van der Waals surface area contributed by atoms with Crippen molar-refractivity contribution in [3.05, 3.63) is 0 Å². The van der Waals surface area contributed by atoms with E-state index in [1.54, 1.807) is 13.8 Å². The fourth-order valence-electron chi connectivity index (χ4n) is 1.06. The van der Waals surface area contributed by atoms with E-state index in [4.69, 9.17) is 10.2 Å². The number of carboxylic acids is 1. The third-order valence-electron chi connectivity index (χ3n) is 1.84. The minimum absolute atomic E-state index is 0.0690. The monoisotopic (exact) mass is 189 g/mol. The lowest BCUT2D eigenvalue weighted by Gasteiger charge is -2.27. The maximum absolute atomic E-state index is 10.7. The third-order valence-corrected chi connectivity index (χ3v) is 1.84. The molecule has 0 spiro atoms. The molecule has 0 bridgehead atoms. The predicted octanol–water partition coefficient (Wildman–Crippen LogP) is 0.600. The molecule has 0 heterocycles. The maximum atomic E-state index is 10.7. The molecule has 0 amide bonds. The smallest absolute Gasteiger partial charge is 0.320 e. The van der Waals surface area contributed by atoms with Gasteiger partial charge < -0.3 is 10.2 Å². The molecular formula is C9H19NO3. The van der Waals surface area contributed by atoms with Crippen LogP contribution in [-0.4, -0.2) is 34.4 Å². The van der Waals surface area contributed by atoms with Gasteiger partial charge in [0.25, 0.3) is 0 Å². The number of carbonyl (C=O) groups is 1. The van der Waals surface area contributed by atoms with E-state index in [9.17, 15) is 4.79 Å². The van der Waals surface area contributed by atoms with Crippen molar-refractivity contribution in [3.63, 3.8) is 0 Å². The van der Waals surface area contributed by atoms with Crippen molar-refractivity contribution in [2.75, 3.05) is 6.61 Å². The molecule has 0 aromatic carbocycles. The van der Waals surface area contributed by atoms with Gasteiger partial charge in [0.15, 0.2) is 0 Å². The first-order valence-electron chi connectivity index (χ1n) is 4.54. The van der Waals surface area contributed by atoms with Crippen LogP contribution in [0.2, 0.25) is 0 Å². The van der Waals surface area contributed by atoms with E-state index in [1.165, 1.54) is 0 Å². The van der Waals surface area contributed by atoms with Crippen molar-refractivity contribution >= 4 is 5.97 Å². The van der Waals surface area contributed by atoms with Gasteiger partial charge in [-0.3, -0.25) is 10.1 Å². The molecule has 1 unspecified atom stereocenters. The molecule has 0 fully saturated rings. The fraction of sp³-hybridized carbons (Fsp3) is 0.889. The van der Waals surface area contributed by atoms with Crippen molar-refractivity contribution in [2.24, 2.45) is 0 Å². The Kier molecular flexibility index (Phi) is 4.95. The lowest BCUT2D eigenvalue weighted by Crippen LogP contribution is -2.51. The number of aliphatic hydroxyl groups excluding tert-OH is 1. The second-order valence-electron chi connectivity index (χ2n) is 3.87. The summed E-state index contributed by atoms with van der Waals surface area (Å²) in [6.07, 6.45) is 1.39. The average Bonchev–Trinajstić information content (AvgIpc) is 2.03. The van der Waals surface area contributed by atoms with Crippen molar-refractivity contribution in [2.45, 2.75) is 45.2 Å². The Morgan fingerprint density at radius 3 is 2.38 bits per heavy atom. The van der Waals surface area contributed by atoms with Gasteiger partial charge in [0.2, 0.25) is 0 Å². The number of nitrogens with one attached hydrogen (secondary N) is 1. The van der Waals surface area contributed by atoms with Crippen molar-refractivity contribution < 1.29 is 15.0 Å². The van der Waals surface area contributed by atoms with Crippen LogP contribution in [0.3, 0.4) is 0 Å². The van der Waals surface area contributed by atoms with Gasteiger partial charge in [0.05, 0.1) is 6.61 Å². The number of hydrogen-bond donors (Lipinski definition) is 3. The highest BCUT2D eigenvalue weighted by atomic mass is 16.4. The molecule has 0 radical (unpaired) electrons. The average molecular weight is 189 g/mol. The minimum atomic E-state index is -0.858. The highest BCUT2D eigenvalue weighted by molar-refractivity contribution is 5.73. The zero-order valence-corrected chi connectivity index (χ0v) is 8.50. The Balaban J connectivity index is 4.17. The summed E-state index contributed by atoms with van der Waals surface area (Å²) in [5, 5.41) is 20.7. The Hall–Kier alpha value is -0.610. The van der Waals surface area contributed by atoms with Gasteiger partial charge >= 0.3 is 5.97 Å². The maximum Gasteiger partial charge on any atom is 0.320 e. The van der Waals surface area contributed by atoms with E-state index in [2.05, 4.69) is 5.32 Å². The molecule has 0 aromatic rings. The number of rotatable bonds is 6. The summed E-state index contributed by atoms with van der Waals surface area (Å²) in [5.41, 5.74) is -0.530. The number of aliphatic carboxylic acids is 1. The van der Waals surface area contributed by atoms with Gasteiger partial charge in [-0.05, 0) is 20.3 Å². The van der Waals surface area contributed by atoms with Crippen molar-refractivity contribution in [1.29, 1.82) is 0 Å². The molecule has 1 atom stereocenters. The Morgan fingerprint density at radius 2 is 2.08 bits per heavy atom. The molecule has 0 rings (SSSR count). The van der Waals surface area contributed by atoms with Gasteiger partial charge in [0.1, 0.15) is 6.04 Å². The topological polar surface area (TPSA) is 69.6 Å². The molecule has 0 saturated carbocycles. The standard InChI is InChI=1S/C9H19NO3/c1-4-5-7(8(12)13)10-9(2,3)6-11/h7,10-11H,4-6H2,1-3H3,(H,12,13). The van der Waals surface area contributed by atoms with E-state index < -0.39 is 17.6 Å². The summed E-state index contributed by atoms with van der Waals surface area (Å²) >= 11 is 0. The van der Waals surface area contributed by atoms with Crippen LogP contribution in [-0.2, 0) is 4.79 Å². The van der Waals surface area contributed by atoms with Crippen LogP contribution in [0.1, 0.15) is 33.6 Å². The van der Waals surface area contributed by atoms with Gasteiger partial charge in [-0.2, -0.15) is 0 Å². The molecule has 0 aliphatic rings. The normalized spacial score (nSPS) is 14.2. The predicted molar refractivity (Wildman–Crippen MR) is 50.6 cm³/mol. The second kappa shape index (κ2) is 5.19. The van der Waals surface area contributed by atoms with Crippen LogP contribution in [0.5, 0.6) is 0 Å². The second-order valence-corrected chi connectivity index (χ2v) is 3.87. The molecule has 4 heteroatoms. The number of hydrogen-bond acceptors (Lipinski definition) is 3. The minimum Gasteiger partial charge on any atom is -0.480 e. The first-order chi connectivity index (χ1) is 5.93. The first kappa shape index (κ1) is 12.4. The highest BCUT2D eigenvalue weighted by Gasteiger charge is 2.24. The van der Waals surface area contributed by atoms with E-state index in [0.29, 0.717) is 6.42 Å². The molecule has 0 saturated heterocycles. The molecule has 13 heavy (non-hydrogen) atoms. The van der Waals surface area contributed by atoms with Crippen molar-refractivity contribution in [3.8, 4) is 0 Å². The fourth-order valence-corrected chi connectivity index (χ4v) is 1.06. The summed E-state index contributed by atoms with van der Waals surface area (Å²) < 4.78 is 0. The molecule has 0 aromatic heterocycles. The molecular weight excluding hydrogens is 170 g/mol. The third kappa shape index (κ3) is 4.85. The van der Waals surface area contributed by atoms with Crippen molar-refractivity contribution in [1.82, 2.24) is 5.32 Å². The van der Waals surface area contributed by atoms with Gasteiger partial charge in [-0.15, -0.1) is 0 Å². The molecule has 3 N–H and O–H groups in total. The van der Waals surface area contributed by atoms with Gasteiger partial charge in [0, 0.05) is 5.54 Å². The SMILES string of the molecule is CCCC(NC(C)(C)CO)C(=O)O. The van der Waals surface area contributed by atoms with Crippen LogP contribution >= 0.6 is 0 Å². The van der Waals surface area contributed by atoms with Gasteiger partial charge in [-0.1, -0.05) is 13.3 Å². The lowest BCUT2D eigenvalue weighted by atomic mass is 10.0. The summed E-state index contributed by atoms with van der Waals surface area (Å²) in [6.45, 7) is 5.42. The van der Waals surface area contributed by atoms with Crippen LogP contribution < -0.4 is 5.32 Å². The zero-order valence-electron chi connectivity index (χ0n) is 8.50. The quantitative estimate of drug-likeness (QED) is 0.572. The zero-order chi connectivity index (χ0) is 10.5. The van der Waals surface area contributed by atoms with E-state index in [-0.39, 0.29) is 6.61 Å². The number of carboxylic acid groups (broad SMARTS) is 1. The first-order valence-corrected chi connectivity index (χ1v) is 4.54. The van der Waals surface area contributed by atoms with E-state index >= 15 is 0 Å². The lowest BCUT2D eigenvalue weighted by molar-refractivity contribution is -0.140. The number of aliphatic hydroxyl groups is 1. The summed E-state index contributed by atoms with van der Waals surface area (Å²) in [7, 11) is 0. The summed E-state index contributed by atoms with van der Waals surface area (Å²) in [4.78, 5) is 10.7. The Morgan fingerprint density at radius 1 is 1.54 bits per heavy atom. The van der Waals surface area contributed by atoms with Crippen LogP contribution in [0.4, 0.5) is 0 Å².